The molecular weight excluding hydrogens is 426 g/mol. The Kier molecular flexibility index (Phi) is 6.09. The van der Waals surface area contributed by atoms with Crippen LogP contribution in [0.15, 0.2) is 64.5 Å². The minimum atomic E-state index is -3.81. The number of rotatable bonds is 7. The van der Waals surface area contributed by atoms with Crippen LogP contribution >= 0.6 is 0 Å². The van der Waals surface area contributed by atoms with Crippen molar-refractivity contribution >= 4 is 25.5 Å². The van der Waals surface area contributed by atoms with Crippen molar-refractivity contribution < 1.29 is 21.6 Å². The van der Waals surface area contributed by atoms with E-state index in [0.29, 0.717) is 28.3 Å². The van der Waals surface area contributed by atoms with Crippen molar-refractivity contribution in [2.24, 2.45) is 0 Å². The van der Waals surface area contributed by atoms with Crippen LogP contribution < -0.4 is 9.46 Å². The Balaban J connectivity index is 1.88. The highest BCUT2D eigenvalue weighted by Gasteiger charge is 2.17. The maximum Gasteiger partial charge on any atom is 0.261 e. The number of aryl methyl sites for hydroxylation is 1. The number of nitrogens with one attached hydrogen (secondary N) is 1. The van der Waals surface area contributed by atoms with Crippen LogP contribution in [0.4, 0.5) is 5.69 Å². The van der Waals surface area contributed by atoms with Gasteiger partial charge in [-0.3, -0.25) is 4.72 Å². The molecule has 3 aromatic rings. The molecule has 0 saturated heterocycles. The first kappa shape index (κ1) is 21.7. The summed E-state index contributed by atoms with van der Waals surface area (Å²) in [6, 6.07) is 14.1. The van der Waals surface area contributed by atoms with E-state index in [0.717, 1.165) is 0 Å². The fourth-order valence-electron chi connectivity index (χ4n) is 2.76. The van der Waals surface area contributed by atoms with Gasteiger partial charge >= 0.3 is 0 Å². The van der Waals surface area contributed by atoms with Gasteiger partial charge in [-0.2, -0.15) is 0 Å². The summed E-state index contributed by atoms with van der Waals surface area (Å²) in [5.41, 5.74) is 2.06. The third-order valence-corrected chi connectivity index (χ3v) is 7.42. The molecular formula is C20H21N3O5S2. The number of anilines is 1. The van der Waals surface area contributed by atoms with Gasteiger partial charge in [-0.05, 0) is 55.0 Å². The summed E-state index contributed by atoms with van der Waals surface area (Å²) in [6.07, 6.45) is 0. The maximum absolute atomic E-state index is 12.7. The fraction of sp³-hybridized carbons (Fsp3) is 0.200. The molecule has 0 aliphatic heterocycles. The molecule has 3 rings (SSSR count). The summed E-state index contributed by atoms with van der Waals surface area (Å²) in [7, 11) is -5.73. The van der Waals surface area contributed by atoms with Crippen molar-refractivity contribution in [2.75, 3.05) is 17.6 Å². The number of sulfonamides is 1. The predicted molar refractivity (Wildman–Crippen MR) is 114 cm³/mol. The fourth-order valence-corrected chi connectivity index (χ4v) is 4.63. The normalized spacial score (nSPS) is 11.8. The van der Waals surface area contributed by atoms with E-state index in [1.807, 2.05) is 0 Å². The van der Waals surface area contributed by atoms with Crippen molar-refractivity contribution in [1.29, 1.82) is 0 Å². The van der Waals surface area contributed by atoms with Crippen molar-refractivity contribution in [3.8, 4) is 17.0 Å². The minimum Gasteiger partial charge on any atom is -0.496 e. The van der Waals surface area contributed by atoms with Crippen LogP contribution in [0.2, 0.25) is 0 Å². The molecule has 0 spiro atoms. The minimum absolute atomic E-state index is 0.0663. The van der Waals surface area contributed by atoms with Crippen molar-refractivity contribution in [3.05, 3.63) is 60.2 Å². The number of methoxy groups -OCH3 is 1. The zero-order chi connectivity index (χ0) is 21.9. The summed E-state index contributed by atoms with van der Waals surface area (Å²) in [5, 5.41) is 7.66. The van der Waals surface area contributed by atoms with E-state index in [-0.39, 0.29) is 15.7 Å². The maximum atomic E-state index is 12.7. The summed E-state index contributed by atoms with van der Waals surface area (Å²) in [6.45, 7) is 3.30. The first-order chi connectivity index (χ1) is 14.2. The number of sulfone groups is 1. The highest BCUT2D eigenvalue weighted by atomic mass is 32.2. The molecule has 158 valence electrons. The zero-order valence-corrected chi connectivity index (χ0v) is 18.3. The lowest BCUT2D eigenvalue weighted by molar-refractivity contribution is 0.411. The van der Waals surface area contributed by atoms with Crippen LogP contribution in [-0.2, 0) is 19.9 Å². The Bertz CT molecular complexity index is 1270. The van der Waals surface area contributed by atoms with E-state index in [1.165, 1.54) is 38.3 Å². The molecule has 0 amide bonds. The largest absolute Gasteiger partial charge is 0.496 e. The molecule has 0 fully saturated rings. The molecule has 0 bridgehead atoms. The molecule has 1 aromatic heterocycles. The Hall–Kier alpha value is -2.98. The molecule has 0 unspecified atom stereocenters. The summed E-state index contributed by atoms with van der Waals surface area (Å²) >= 11 is 0. The highest BCUT2D eigenvalue weighted by molar-refractivity contribution is 7.92. The molecule has 0 radical (unpaired) electrons. The number of nitrogens with zero attached hydrogens (tertiary/aromatic N) is 2. The van der Waals surface area contributed by atoms with Gasteiger partial charge in [0.1, 0.15) is 5.75 Å². The van der Waals surface area contributed by atoms with Gasteiger partial charge in [-0.25, -0.2) is 16.8 Å². The van der Waals surface area contributed by atoms with Gasteiger partial charge in [0.15, 0.2) is 14.9 Å². The first-order valence-corrected chi connectivity index (χ1v) is 12.1. The molecule has 1 heterocycles. The van der Waals surface area contributed by atoms with Gasteiger partial charge in [0.05, 0.1) is 23.5 Å². The third-order valence-electron chi connectivity index (χ3n) is 4.43. The lowest BCUT2D eigenvalue weighted by Crippen LogP contribution is -2.13. The second kappa shape index (κ2) is 8.41. The van der Waals surface area contributed by atoms with Crippen LogP contribution in [0.1, 0.15) is 12.5 Å². The van der Waals surface area contributed by atoms with E-state index in [1.54, 1.807) is 37.3 Å². The van der Waals surface area contributed by atoms with E-state index < -0.39 is 19.9 Å². The molecule has 0 atom stereocenters. The van der Waals surface area contributed by atoms with Crippen molar-refractivity contribution in [1.82, 2.24) is 10.2 Å². The van der Waals surface area contributed by atoms with E-state index >= 15 is 0 Å². The van der Waals surface area contributed by atoms with Gasteiger partial charge in [0.25, 0.3) is 10.0 Å². The van der Waals surface area contributed by atoms with Crippen LogP contribution in [0, 0.1) is 6.92 Å². The number of hydrogen-bond acceptors (Lipinski definition) is 7. The Morgan fingerprint density at radius 3 is 2.33 bits per heavy atom. The Labute approximate surface area is 175 Å². The molecule has 10 heteroatoms. The SMILES string of the molecule is CCS(=O)(=O)c1ccc(-c2cccc(NS(=O)(=O)c3ccc(OC)c(C)c3)c2)nn1. The summed E-state index contributed by atoms with van der Waals surface area (Å²) in [5.74, 6) is 0.534. The van der Waals surface area contributed by atoms with Crippen LogP contribution in [-0.4, -0.2) is 39.9 Å². The average molecular weight is 448 g/mol. The highest BCUT2D eigenvalue weighted by Crippen LogP contribution is 2.25. The van der Waals surface area contributed by atoms with E-state index in [4.69, 9.17) is 4.74 Å². The lowest BCUT2D eigenvalue weighted by Gasteiger charge is -2.11. The molecule has 2 aromatic carbocycles. The lowest BCUT2D eigenvalue weighted by atomic mass is 10.1. The van der Waals surface area contributed by atoms with Gasteiger partial charge in [0, 0.05) is 11.3 Å². The number of hydrogen-bond donors (Lipinski definition) is 1. The van der Waals surface area contributed by atoms with Gasteiger partial charge in [-0.15, -0.1) is 10.2 Å². The van der Waals surface area contributed by atoms with Gasteiger partial charge in [0.2, 0.25) is 0 Å². The standard InChI is InChI=1S/C20H21N3O5S2/c1-4-29(24,25)20-11-9-18(21-22-20)15-6-5-7-16(13-15)23-30(26,27)17-8-10-19(28-3)14(2)12-17/h5-13,23H,4H2,1-3H3. The molecule has 30 heavy (non-hydrogen) atoms. The second-order valence-corrected chi connectivity index (χ2v) is 10.4. The Morgan fingerprint density at radius 1 is 0.967 bits per heavy atom. The first-order valence-electron chi connectivity index (χ1n) is 9.00. The van der Waals surface area contributed by atoms with Gasteiger partial charge < -0.3 is 4.74 Å². The summed E-state index contributed by atoms with van der Waals surface area (Å²) in [4.78, 5) is 0.111. The Morgan fingerprint density at radius 2 is 1.73 bits per heavy atom. The van der Waals surface area contributed by atoms with Crippen LogP contribution in [0.3, 0.4) is 0 Å². The molecule has 0 aliphatic rings. The second-order valence-electron chi connectivity index (χ2n) is 6.48. The molecule has 0 aliphatic carbocycles. The quantitative estimate of drug-likeness (QED) is 0.592. The number of benzene rings is 2. The zero-order valence-electron chi connectivity index (χ0n) is 16.7. The molecule has 1 N–H and O–H groups in total. The smallest absolute Gasteiger partial charge is 0.261 e. The van der Waals surface area contributed by atoms with Crippen molar-refractivity contribution in [2.45, 2.75) is 23.8 Å². The predicted octanol–water partition coefficient (Wildman–Crippen LogP) is 3.06. The van der Waals surface area contributed by atoms with E-state index in [2.05, 4.69) is 14.9 Å². The molecule has 8 nitrogen and oxygen atoms in total. The van der Waals surface area contributed by atoms with Crippen LogP contribution in [0.25, 0.3) is 11.3 Å². The van der Waals surface area contributed by atoms with Gasteiger partial charge in [-0.1, -0.05) is 19.1 Å². The topological polar surface area (TPSA) is 115 Å². The number of aromatic nitrogens is 2. The monoisotopic (exact) mass is 447 g/mol. The molecule has 0 saturated carbocycles. The van der Waals surface area contributed by atoms with E-state index in [9.17, 15) is 16.8 Å². The average Bonchev–Trinajstić information content (AvgIpc) is 2.73. The third kappa shape index (κ3) is 4.60. The van der Waals surface area contributed by atoms with Crippen molar-refractivity contribution in [3.63, 3.8) is 0 Å². The number of ether oxygens (including phenoxy) is 1. The summed E-state index contributed by atoms with van der Waals surface area (Å²) < 4.78 is 56.9. The van der Waals surface area contributed by atoms with Crippen LogP contribution in [0.5, 0.6) is 5.75 Å².